The Morgan fingerprint density at radius 3 is 2.37 bits per heavy atom. The first-order chi connectivity index (χ1) is 14.4. The normalized spacial score (nSPS) is 28.1. The van der Waals surface area contributed by atoms with Gasteiger partial charge in [0, 0.05) is 12.6 Å². The largest absolute Gasteiger partial charge is 0.480 e. The van der Waals surface area contributed by atoms with Gasteiger partial charge < -0.3 is 5.11 Å². The molecule has 30 heavy (non-hydrogen) atoms. The molecule has 0 saturated carbocycles. The Kier molecular flexibility index (Phi) is 5.20. The predicted molar refractivity (Wildman–Crippen MR) is 111 cm³/mol. The van der Waals surface area contributed by atoms with Crippen molar-refractivity contribution in [3.8, 4) is 0 Å². The number of likely N-dealkylation sites (tertiary alicyclic amines) is 1. The van der Waals surface area contributed by atoms with E-state index in [1.54, 1.807) is 30.3 Å². The topological polar surface area (TPSA) is 86.7 Å². The first kappa shape index (κ1) is 20.3. The SMILES string of the molecule is CCCCN1C(=O)C2C(c3ccccc3C)NC(C(=O)O)(c3ccccc3)C2C1=O. The average molecular weight is 406 g/mol. The van der Waals surface area contributed by atoms with E-state index < -0.39 is 35.3 Å². The molecule has 0 aliphatic carbocycles. The number of rotatable bonds is 6. The lowest BCUT2D eigenvalue weighted by atomic mass is 9.75. The van der Waals surface area contributed by atoms with Gasteiger partial charge in [0.25, 0.3) is 0 Å². The number of benzene rings is 2. The summed E-state index contributed by atoms with van der Waals surface area (Å²) in [5.41, 5.74) is 0.634. The number of aliphatic carboxylic acids is 1. The maximum atomic E-state index is 13.5. The zero-order valence-electron chi connectivity index (χ0n) is 17.2. The molecule has 2 aromatic carbocycles. The standard InChI is InChI=1S/C24H26N2O4/c1-3-4-14-26-21(27)18-19(22(26)28)24(23(29)30,16-11-6-5-7-12-16)25-20(18)17-13-9-8-10-15(17)2/h5-13,18-20,25H,3-4,14H2,1-2H3,(H,29,30). The molecule has 2 aliphatic rings. The molecule has 2 heterocycles. The van der Waals surface area contributed by atoms with Crippen LogP contribution in [0.3, 0.4) is 0 Å². The van der Waals surface area contributed by atoms with Crippen LogP contribution in [-0.2, 0) is 19.9 Å². The summed E-state index contributed by atoms with van der Waals surface area (Å²) < 4.78 is 0. The highest BCUT2D eigenvalue weighted by Gasteiger charge is 2.69. The van der Waals surface area contributed by atoms with E-state index in [0.29, 0.717) is 18.5 Å². The van der Waals surface area contributed by atoms with Crippen molar-refractivity contribution in [1.29, 1.82) is 0 Å². The van der Waals surface area contributed by atoms with Gasteiger partial charge in [-0.25, -0.2) is 4.79 Å². The summed E-state index contributed by atoms with van der Waals surface area (Å²) in [7, 11) is 0. The van der Waals surface area contributed by atoms with Gasteiger partial charge in [0.15, 0.2) is 5.54 Å². The molecule has 2 amide bonds. The second-order valence-corrected chi connectivity index (χ2v) is 8.14. The minimum atomic E-state index is -1.66. The average Bonchev–Trinajstić information content (AvgIpc) is 3.23. The molecule has 0 bridgehead atoms. The van der Waals surface area contributed by atoms with Crippen molar-refractivity contribution in [2.24, 2.45) is 11.8 Å². The molecular weight excluding hydrogens is 380 g/mol. The van der Waals surface area contributed by atoms with Gasteiger partial charge in [-0.15, -0.1) is 0 Å². The maximum absolute atomic E-state index is 13.5. The smallest absolute Gasteiger partial charge is 0.329 e. The highest BCUT2D eigenvalue weighted by Crippen LogP contribution is 2.53. The van der Waals surface area contributed by atoms with Crippen LogP contribution in [0.25, 0.3) is 0 Å². The Morgan fingerprint density at radius 1 is 1.07 bits per heavy atom. The predicted octanol–water partition coefficient (Wildman–Crippen LogP) is 3.02. The molecule has 156 valence electrons. The maximum Gasteiger partial charge on any atom is 0.329 e. The van der Waals surface area contributed by atoms with Crippen molar-refractivity contribution in [2.75, 3.05) is 6.54 Å². The van der Waals surface area contributed by atoms with Crippen LogP contribution in [-0.4, -0.2) is 34.3 Å². The molecule has 6 heteroatoms. The summed E-state index contributed by atoms with van der Waals surface area (Å²) in [5, 5.41) is 13.7. The molecule has 2 saturated heterocycles. The Bertz CT molecular complexity index is 990. The second-order valence-electron chi connectivity index (χ2n) is 8.14. The fourth-order valence-electron chi connectivity index (χ4n) is 4.99. The van der Waals surface area contributed by atoms with E-state index in [1.807, 2.05) is 38.1 Å². The molecule has 4 atom stereocenters. The summed E-state index contributed by atoms with van der Waals surface area (Å²) >= 11 is 0. The highest BCUT2D eigenvalue weighted by atomic mass is 16.4. The third-order valence-corrected chi connectivity index (χ3v) is 6.48. The Balaban J connectivity index is 1.91. The number of nitrogens with zero attached hydrogens (tertiary/aromatic N) is 1. The zero-order valence-corrected chi connectivity index (χ0v) is 17.2. The number of carboxylic acids is 1. The van der Waals surface area contributed by atoms with Crippen LogP contribution >= 0.6 is 0 Å². The Morgan fingerprint density at radius 2 is 1.73 bits per heavy atom. The number of nitrogens with one attached hydrogen (secondary N) is 1. The van der Waals surface area contributed by atoms with Crippen molar-refractivity contribution >= 4 is 17.8 Å². The number of hydrogen-bond donors (Lipinski definition) is 2. The number of carboxylic acid groups (broad SMARTS) is 1. The van der Waals surface area contributed by atoms with Crippen molar-refractivity contribution in [3.05, 3.63) is 71.3 Å². The summed E-state index contributed by atoms with van der Waals surface area (Å²) in [4.78, 5) is 40.9. The van der Waals surface area contributed by atoms with E-state index in [1.165, 1.54) is 4.90 Å². The van der Waals surface area contributed by atoms with Crippen molar-refractivity contribution in [1.82, 2.24) is 10.2 Å². The van der Waals surface area contributed by atoms with Crippen LogP contribution in [0.5, 0.6) is 0 Å². The number of carbonyl (C=O) groups is 3. The highest BCUT2D eigenvalue weighted by molar-refractivity contribution is 6.09. The van der Waals surface area contributed by atoms with Gasteiger partial charge in [-0.2, -0.15) is 0 Å². The van der Waals surface area contributed by atoms with Crippen LogP contribution in [0.15, 0.2) is 54.6 Å². The first-order valence-corrected chi connectivity index (χ1v) is 10.4. The van der Waals surface area contributed by atoms with Crippen LogP contribution < -0.4 is 5.32 Å². The molecule has 6 nitrogen and oxygen atoms in total. The third-order valence-electron chi connectivity index (χ3n) is 6.48. The van der Waals surface area contributed by atoms with Crippen molar-refractivity contribution in [3.63, 3.8) is 0 Å². The second kappa shape index (κ2) is 7.69. The van der Waals surface area contributed by atoms with Crippen LogP contribution in [0.4, 0.5) is 0 Å². The molecule has 0 spiro atoms. The summed E-state index contributed by atoms with van der Waals surface area (Å²) in [6, 6.07) is 15.8. The van der Waals surface area contributed by atoms with Gasteiger partial charge >= 0.3 is 5.97 Å². The molecule has 4 rings (SSSR count). The number of unbranched alkanes of at least 4 members (excludes halogenated alkanes) is 1. The molecule has 2 fully saturated rings. The number of hydrogen-bond acceptors (Lipinski definition) is 4. The molecule has 2 aromatic rings. The Labute approximate surface area is 175 Å². The number of imide groups is 1. The van der Waals surface area contributed by atoms with E-state index in [0.717, 1.165) is 17.5 Å². The van der Waals surface area contributed by atoms with Gasteiger partial charge in [-0.3, -0.25) is 19.8 Å². The zero-order chi connectivity index (χ0) is 21.5. The quantitative estimate of drug-likeness (QED) is 0.720. The first-order valence-electron chi connectivity index (χ1n) is 10.4. The fourth-order valence-corrected chi connectivity index (χ4v) is 4.99. The minimum absolute atomic E-state index is 0.279. The number of amides is 2. The molecule has 2 aliphatic heterocycles. The van der Waals surface area contributed by atoms with E-state index in [4.69, 9.17) is 0 Å². The summed E-state index contributed by atoms with van der Waals surface area (Å²) in [6.45, 7) is 4.26. The molecule has 4 unspecified atom stereocenters. The van der Waals surface area contributed by atoms with Crippen LogP contribution in [0.1, 0.15) is 42.5 Å². The molecular formula is C24H26N2O4. The van der Waals surface area contributed by atoms with E-state index >= 15 is 0 Å². The fraction of sp³-hybridized carbons (Fsp3) is 0.375. The molecule has 2 N–H and O–H groups in total. The summed E-state index contributed by atoms with van der Waals surface area (Å²) in [6.07, 6.45) is 1.54. The number of aryl methyl sites for hydroxylation is 1. The summed E-state index contributed by atoms with van der Waals surface area (Å²) in [5.74, 6) is -3.57. The van der Waals surface area contributed by atoms with Crippen molar-refractivity contribution in [2.45, 2.75) is 38.3 Å². The molecule has 0 radical (unpaired) electrons. The van der Waals surface area contributed by atoms with Gasteiger partial charge in [0.05, 0.1) is 11.8 Å². The van der Waals surface area contributed by atoms with Crippen molar-refractivity contribution < 1.29 is 19.5 Å². The van der Waals surface area contributed by atoms with E-state index in [-0.39, 0.29) is 5.91 Å². The molecule has 0 aromatic heterocycles. The lowest BCUT2D eigenvalue weighted by molar-refractivity contribution is -0.152. The Hall–Kier alpha value is -2.99. The van der Waals surface area contributed by atoms with Gasteiger partial charge in [0.1, 0.15) is 0 Å². The lowest BCUT2D eigenvalue weighted by Crippen LogP contribution is -2.53. The minimum Gasteiger partial charge on any atom is -0.480 e. The lowest BCUT2D eigenvalue weighted by Gasteiger charge is -2.32. The van der Waals surface area contributed by atoms with E-state index in [9.17, 15) is 19.5 Å². The number of fused-ring (bicyclic) bond motifs is 1. The van der Waals surface area contributed by atoms with E-state index in [2.05, 4.69) is 5.32 Å². The monoisotopic (exact) mass is 406 g/mol. The van der Waals surface area contributed by atoms with Crippen LogP contribution in [0, 0.1) is 18.8 Å². The van der Waals surface area contributed by atoms with Gasteiger partial charge in [0.2, 0.25) is 11.8 Å². The van der Waals surface area contributed by atoms with Gasteiger partial charge in [-0.05, 0) is 30.0 Å². The van der Waals surface area contributed by atoms with Crippen LogP contribution in [0.2, 0.25) is 0 Å². The third kappa shape index (κ3) is 2.86. The van der Waals surface area contributed by atoms with Gasteiger partial charge in [-0.1, -0.05) is 67.9 Å². The number of carbonyl (C=O) groups excluding carboxylic acids is 2.